The molecule has 1 heterocycles. The van der Waals surface area contributed by atoms with Crippen molar-refractivity contribution in [2.24, 2.45) is 11.1 Å². The van der Waals surface area contributed by atoms with Crippen LogP contribution in [0, 0.1) is 16.7 Å². The van der Waals surface area contributed by atoms with Crippen molar-refractivity contribution >= 4 is 11.7 Å². The highest BCUT2D eigenvalue weighted by molar-refractivity contribution is 6.01. The third kappa shape index (κ3) is 5.27. The lowest BCUT2D eigenvalue weighted by molar-refractivity contribution is -0.118. The molecule has 0 saturated heterocycles. The number of rotatable bonds is 6. The van der Waals surface area contributed by atoms with Crippen LogP contribution in [0.4, 0.5) is 0 Å². The van der Waals surface area contributed by atoms with E-state index in [0.717, 1.165) is 11.1 Å². The summed E-state index contributed by atoms with van der Waals surface area (Å²) in [4.78, 5) is 26.7. The first-order chi connectivity index (χ1) is 18.8. The summed E-state index contributed by atoms with van der Waals surface area (Å²) in [6.07, 6.45) is 0.844. The highest BCUT2D eigenvalue weighted by Gasteiger charge is 2.44. The third-order valence-corrected chi connectivity index (χ3v) is 7.09. The summed E-state index contributed by atoms with van der Waals surface area (Å²) in [6, 6.07) is 28.3. The smallest absolute Gasteiger partial charge is 0.270 e. The van der Waals surface area contributed by atoms with Gasteiger partial charge in [-0.1, -0.05) is 74.5 Å². The number of nitriles is 1. The van der Waals surface area contributed by atoms with E-state index >= 15 is 0 Å². The lowest BCUT2D eigenvalue weighted by Gasteiger charge is -2.43. The Balaban J connectivity index is 1.50. The van der Waals surface area contributed by atoms with E-state index in [9.17, 15) is 14.9 Å². The number of Topliss-reactive ketones (excluding diaryl/α,β-unsaturated/α-hetero) is 1. The van der Waals surface area contributed by atoms with Crippen LogP contribution in [0.5, 0.6) is 5.75 Å². The summed E-state index contributed by atoms with van der Waals surface area (Å²) in [5.41, 5.74) is 12.7. The maximum absolute atomic E-state index is 13.6. The minimum Gasteiger partial charge on any atom is -0.489 e. The highest BCUT2D eigenvalue weighted by Crippen LogP contribution is 2.48. The molecule has 0 fully saturated rings. The van der Waals surface area contributed by atoms with Crippen LogP contribution < -0.4 is 15.9 Å². The number of carbonyl (C=O) groups is 2. The topological polar surface area (TPSA) is 108 Å². The molecule has 0 spiro atoms. The van der Waals surface area contributed by atoms with Crippen molar-refractivity contribution < 1.29 is 14.3 Å². The third-order valence-electron chi connectivity index (χ3n) is 7.09. The van der Waals surface area contributed by atoms with Gasteiger partial charge in [0.1, 0.15) is 18.2 Å². The number of nitrogens with zero attached hydrogens (tertiary/aromatic N) is 2. The number of hydrazine groups is 1. The standard InChI is InChI=1S/C32H30N4O3/c1-32(2)17-26-29(27(37)18-32)28(22-13-15-24(16-14-22)39-20-21-9-5-3-6-10-21)25(19-33)30(34)36(26)35-31(38)23-11-7-4-8-12-23/h3-16,28H,17-18,20,34H2,1-2H3,(H,35,38). The Bertz CT molecular complexity index is 1500. The molecule has 1 aliphatic carbocycles. The zero-order chi connectivity index (χ0) is 27.6. The summed E-state index contributed by atoms with van der Waals surface area (Å²) in [5, 5.41) is 11.7. The predicted octanol–water partition coefficient (Wildman–Crippen LogP) is 5.35. The average Bonchev–Trinajstić information content (AvgIpc) is 2.94. The number of carbonyl (C=O) groups excluding carboxylic acids is 2. The Labute approximate surface area is 228 Å². The van der Waals surface area contributed by atoms with Crippen molar-refractivity contribution in [3.8, 4) is 11.8 Å². The van der Waals surface area contributed by atoms with E-state index in [1.54, 1.807) is 24.3 Å². The number of benzene rings is 3. The van der Waals surface area contributed by atoms with Crippen molar-refractivity contribution in [1.82, 2.24) is 10.4 Å². The largest absolute Gasteiger partial charge is 0.489 e. The molecular weight excluding hydrogens is 488 g/mol. The highest BCUT2D eigenvalue weighted by atomic mass is 16.5. The summed E-state index contributed by atoms with van der Waals surface area (Å²) < 4.78 is 5.93. The minimum atomic E-state index is -0.637. The van der Waals surface area contributed by atoms with Crippen molar-refractivity contribution in [2.75, 3.05) is 0 Å². The molecule has 1 atom stereocenters. The van der Waals surface area contributed by atoms with E-state index < -0.39 is 5.92 Å². The number of allylic oxidation sites excluding steroid dienone is 3. The van der Waals surface area contributed by atoms with Gasteiger partial charge in [-0.2, -0.15) is 5.26 Å². The van der Waals surface area contributed by atoms with Gasteiger partial charge >= 0.3 is 0 Å². The van der Waals surface area contributed by atoms with Crippen LogP contribution in [0.2, 0.25) is 0 Å². The van der Waals surface area contributed by atoms with E-state index in [2.05, 4.69) is 11.5 Å². The average molecular weight is 519 g/mol. The van der Waals surface area contributed by atoms with Crippen molar-refractivity contribution in [1.29, 1.82) is 5.26 Å². The van der Waals surface area contributed by atoms with Crippen molar-refractivity contribution in [3.05, 3.63) is 124 Å². The Morgan fingerprint density at radius 2 is 1.67 bits per heavy atom. The molecule has 1 aliphatic heterocycles. The first kappa shape index (κ1) is 25.8. The van der Waals surface area contributed by atoms with E-state index in [1.165, 1.54) is 5.01 Å². The van der Waals surface area contributed by atoms with Gasteiger partial charge in [-0.25, -0.2) is 5.01 Å². The van der Waals surface area contributed by atoms with Gasteiger partial charge in [0.15, 0.2) is 5.78 Å². The molecular formula is C32H30N4O3. The summed E-state index contributed by atoms with van der Waals surface area (Å²) in [7, 11) is 0. The summed E-state index contributed by atoms with van der Waals surface area (Å²) >= 11 is 0. The molecule has 2 aliphatic rings. The predicted molar refractivity (Wildman–Crippen MR) is 148 cm³/mol. The lowest BCUT2D eigenvalue weighted by Crippen LogP contribution is -2.49. The monoisotopic (exact) mass is 518 g/mol. The second-order valence-electron chi connectivity index (χ2n) is 10.6. The fraction of sp³-hybridized carbons (Fsp3) is 0.219. The molecule has 0 aromatic heterocycles. The molecule has 0 bridgehead atoms. The zero-order valence-electron chi connectivity index (χ0n) is 22.0. The van der Waals surface area contributed by atoms with Gasteiger partial charge in [-0.15, -0.1) is 0 Å². The maximum Gasteiger partial charge on any atom is 0.270 e. The minimum absolute atomic E-state index is 0.0603. The molecule has 3 aromatic carbocycles. The van der Waals surface area contributed by atoms with Crippen LogP contribution in [0.3, 0.4) is 0 Å². The first-order valence-corrected chi connectivity index (χ1v) is 12.9. The van der Waals surface area contributed by atoms with Crippen LogP contribution in [0.1, 0.15) is 54.1 Å². The van der Waals surface area contributed by atoms with Crippen LogP contribution in [-0.2, 0) is 11.4 Å². The van der Waals surface area contributed by atoms with E-state index in [4.69, 9.17) is 10.5 Å². The first-order valence-electron chi connectivity index (χ1n) is 12.9. The van der Waals surface area contributed by atoms with Gasteiger partial charge in [0.25, 0.3) is 5.91 Å². The van der Waals surface area contributed by atoms with Crippen LogP contribution in [0.25, 0.3) is 0 Å². The second-order valence-corrected chi connectivity index (χ2v) is 10.6. The van der Waals surface area contributed by atoms with Gasteiger partial charge in [0, 0.05) is 17.6 Å². The molecule has 1 unspecified atom stereocenters. The molecule has 5 rings (SSSR count). The Morgan fingerprint density at radius 1 is 1.03 bits per heavy atom. The van der Waals surface area contributed by atoms with Gasteiger partial charge in [-0.05, 0) is 47.2 Å². The maximum atomic E-state index is 13.6. The van der Waals surface area contributed by atoms with E-state index in [0.29, 0.717) is 42.0 Å². The van der Waals surface area contributed by atoms with Gasteiger partial charge in [-0.3, -0.25) is 15.0 Å². The Kier molecular flexibility index (Phi) is 6.95. The Morgan fingerprint density at radius 3 is 2.31 bits per heavy atom. The summed E-state index contributed by atoms with van der Waals surface area (Å²) in [5.74, 6) is -0.287. The molecule has 39 heavy (non-hydrogen) atoms. The number of hydrogen-bond acceptors (Lipinski definition) is 6. The lowest BCUT2D eigenvalue weighted by atomic mass is 9.69. The molecule has 196 valence electrons. The quantitative estimate of drug-likeness (QED) is 0.456. The fourth-order valence-electron chi connectivity index (χ4n) is 5.22. The molecule has 0 radical (unpaired) electrons. The number of ketones is 1. The van der Waals surface area contributed by atoms with E-state index in [-0.39, 0.29) is 28.5 Å². The zero-order valence-corrected chi connectivity index (χ0v) is 22.0. The number of amides is 1. The van der Waals surface area contributed by atoms with Gasteiger partial charge in [0.2, 0.25) is 0 Å². The fourth-order valence-corrected chi connectivity index (χ4v) is 5.22. The van der Waals surface area contributed by atoms with Crippen molar-refractivity contribution in [3.63, 3.8) is 0 Å². The number of ether oxygens (including phenoxy) is 1. The van der Waals surface area contributed by atoms with Crippen molar-refractivity contribution in [2.45, 2.75) is 39.2 Å². The van der Waals surface area contributed by atoms with Crippen LogP contribution in [0.15, 0.2) is 108 Å². The number of nitrogens with two attached hydrogens (primary N) is 1. The molecule has 1 amide bonds. The molecule has 3 N–H and O–H groups in total. The number of nitrogens with one attached hydrogen (secondary N) is 1. The molecule has 7 nitrogen and oxygen atoms in total. The Hall–Kier alpha value is -4.83. The normalized spacial score (nSPS) is 18.3. The summed E-state index contributed by atoms with van der Waals surface area (Å²) in [6.45, 7) is 4.46. The van der Waals surface area contributed by atoms with Gasteiger partial charge in [0.05, 0.1) is 23.3 Å². The SMILES string of the molecule is CC1(C)CC(=O)C2=C(C1)N(NC(=O)c1ccccc1)C(N)=C(C#N)C2c1ccc(OCc2ccccc2)cc1. The van der Waals surface area contributed by atoms with Crippen LogP contribution >= 0.6 is 0 Å². The number of hydrogen-bond donors (Lipinski definition) is 2. The molecule has 3 aromatic rings. The van der Waals surface area contributed by atoms with Gasteiger partial charge < -0.3 is 10.5 Å². The second kappa shape index (κ2) is 10.5. The van der Waals surface area contributed by atoms with Crippen LogP contribution in [-0.4, -0.2) is 16.7 Å². The van der Waals surface area contributed by atoms with E-state index in [1.807, 2.05) is 74.5 Å². The molecule has 0 saturated carbocycles. The molecule has 7 heteroatoms.